The first-order valence-corrected chi connectivity index (χ1v) is 10.4. The zero-order valence-electron chi connectivity index (χ0n) is 17.6. The molecule has 1 saturated carbocycles. The molecule has 11 heteroatoms. The average molecular weight is 454 g/mol. The van der Waals surface area contributed by atoms with Crippen LogP contribution < -0.4 is 16.0 Å². The maximum absolute atomic E-state index is 12.8. The van der Waals surface area contributed by atoms with Gasteiger partial charge in [0.25, 0.3) is 11.8 Å². The molecule has 1 aliphatic carbocycles. The third-order valence-electron chi connectivity index (χ3n) is 6.01. The van der Waals surface area contributed by atoms with Crippen molar-refractivity contribution in [2.45, 2.75) is 44.3 Å². The van der Waals surface area contributed by atoms with Crippen LogP contribution in [0.3, 0.4) is 0 Å². The molecule has 32 heavy (non-hydrogen) atoms. The van der Waals surface area contributed by atoms with Gasteiger partial charge in [-0.2, -0.15) is 13.2 Å². The molecule has 0 bridgehead atoms. The summed E-state index contributed by atoms with van der Waals surface area (Å²) in [6.45, 7) is 1.54. The van der Waals surface area contributed by atoms with E-state index in [1.165, 1.54) is 0 Å². The minimum absolute atomic E-state index is 0.0128. The maximum Gasteiger partial charge on any atom is 0.416 e. The van der Waals surface area contributed by atoms with Crippen LogP contribution in [-0.4, -0.2) is 53.8 Å². The molecule has 1 aliphatic heterocycles. The predicted octanol–water partition coefficient (Wildman–Crippen LogP) is 2.05. The molecule has 2 atom stereocenters. The number of urea groups is 1. The van der Waals surface area contributed by atoms with E-state index in [2.05, 4.69) is 16.0 Å². The third kappa shape index (κ3) is 4.86. The molecular weight excluding hydrogens is 429 g/mol. The number of alkyl halides is 3. The molecule has 2 aliphatic rings. The molecule has 174 valence electrons. The monoisotopic (exact) mass is 454 g/mol. The minimum Gasteiger partial charge on any atom is -0.353 e. The highest BCUT2D eigenvalue weighted by molar-refractivity contribution is 6.09. The van der Waals surface area contributed by atoms with Crippen LogP contribution in [0.1, 0.15) is 48.5 Å². The van der Waals surface area contributed by atoms with Gasteiger partial charge in [-0.15, -0.1) is 0 Å². The van der Waals surface area contributed by atoms with Crippen molar-refractivity contribution in [1.29, 1.82) is 0 Å². The number of benzene rings is 1. The summed E-state index contributed by atoms with van der Waals surface area (Å²) in [5.41, 5.74) is -1.74. The standard InChI is InChI=1S/C21H25F3N4O4/c1-13-4-2-3-9-20(13)18(31)28(19(32)27-20)12-16(29)25-10-11-26-17(30)14-5-7-15(8-6-14)21(22,23)24/h5-8,13H,2-4,9-12H2,1H3,(H,25,29)(H,26,30)(H,27,32). The van der Waals surface area contributed by atoms with Gasteiger partial charge in [0.05, 0.1) is 5.56 Å². The number of imide groups is 1. The second kappa shape index (κ2) is 9.17. The van der Waals surface area contributed by atoms with Gasteiger partial charge in [-0.3, -0.25) is 19.3 Å². The highest BCUT2D eigenvalue weighted by Crippen LogP contribution is 2.38. The van der Waals surface area contributed by atoms with Crippen LogP contribution in [0.25, 0.3) is 0 Å². The van der Waals surface area contributed by atoms with Crippen molar-refractivity contribution < 1.29 is 32.3 Å². The summed E-state index contributed by atoms with van der Waals surface area (Å²) in [4.78, 5) is 50.2. The molecular formula is C21H25F3N4O4. The summed E-state index contributed by atoms with van der Waals surface area (Å²) < 4.78 is 37.7. The zero-order valence-corrected chi connectivity index (χ0v) is 17.6. The SMILES string of the molecule is CC1CCCCC12NC(=O)N(CC(=O)NCCNC(=O)c1ccc(C(F)(F)F)cc1)C2=O. The fourth-order valence-corrected chi connectivity index (χ4v) is 4.13. The predicted molar refractivity (Wildman–Crippen MR) is 107 cm³/mol. The quantitative estimate of drug-likeness (QED) is 0.452. The van der Waals surface area contributed by atoms with E-state index in [1.807, 2.05) is 6.92 Å². The molecule has 0 aromatic heterocycles. The van der Waals surface area contributed by atoms with Gasteiger partial charge in [-0.1, -0.05) is 19.8 Å². The van der Waals surface area contributed by atoms with Crippen LogP contribution in [0, 0.1) is 5.92 Å². The van der Waals surface area contributed by atoms with Crippen LogP contribution >= 0.6 is 0 Å². The Morgan fingerprint density at radius 3 is 2.41 bits per heavy atom. The lowest BCUT2D eigenvalue weighted by Crippen LogP contribution is -2.54. The van der Waals surface area contributed by atoms with Gasteiger partial charge in [-0.25, -0.2) is 4.79 Å². The van der Waals surface area contributed by atoms with Crippen molar-refractivity contribution in [1.82, 2.24) is 20.9 Å². The van der Waals surface area contributed by atoms with Crippen LogP contribution in [0.15, 0.2) is 24.3 Å². The van der Waals surface area contributed by atoms with Crippen molar-refractivity contribution in [3.8, 4) is 0 Å². The van der Waals surface area contributed by atoms with Crippen molar-refractivity contribution in [3.05, 3.63) is 35.4 Å². The summed E-state index contributed by atoms with van der Waals surface area (Å²) in [6.07, 6.45) is -1.29. The second-order valence-corrected chi connectivity index (χ2v) is 8.12. The first kappa shape index (κ1) is 23.6. The minimum atomic E-state index is -4.48. The molecule has 2 unspecified atom stereocenters. The molecule has 1 aromatic carbocycles. The molecule has 1 heterocycles. The van der Waals surface area contributed by atoms with Gasteiger partial charge in [-0.05, 0) is 43.0 Å². The Labute approximate surface area is 182 Å². The first-order valence-electron chi connectivity index (χ1n) is 10.4. The molecule has 8 nitrogen and oxygen atoms in total. The smallest absolute Gasteiger partial charge is 0.353 e. The largest absolute Gasteiger partial charge is 0.416 e. The molecule has 0 radical (unpaired) electrons. The van der Waals surface area contributed by atoms with Crippen LogP contribution in [-0.2, 0) is 15.8 Å². The molecule has 2 fully saturated rings. The maximum atomic E-state index is 12.8. The zero-order chi connectivity index (χ0) is 23.5. The number of nitrogens with one attached hydrogen (secondary N) is 3. The van der Waals surface area contributed by atoms with E-state index in [-0.39, 0.29) is 30.5 Å². The van der Waals surface area contributed by atoms with Crippen LogP contribution in [0.2, 0.25) is 0 Å². The number of halogens is 3. The van der Waals surface area contributed by atoms with Crippen molar-refractivity contribution >= 4 is 23.8 Å². The molecule has 5 amide bonds. The Bertz CT molecular complexity index is 903. The van der Waals surface area contributed by atoms with E-state index in [4.69, 9.17) is 0 Å². The Hall–Kier alpha value is -3.11. The van der Waals surface area contributed by atoms with Gasteiger partial charge >= 0.3 is 12.2 Å². The molecule has 3 rings (SSSR count). The Balaban J connectivity index is 1.44. The highest BCUT2D eigenvalue weighted by Gasteiger charge is 2.55. The summed E-state index contributed by atoms with van der Waals surface area (Å²) in [5, 5.41) is 7.76. The summed E-state index contributed by atoms with van der Waals surface area (Å²) in [6, 6.07) is 3.17. The molecule has 3 N–H and O–H groups in total. The normalized spacial score (nSPS) is 23.2. The average Bonchev–Trinajstić information content (AvgIpc) is 2.97. The van der Waals surface area contributed by atoms with Gasteiger partial charge < -0.3 is 16.0 Å². The van der Waals surface area contributed by atoms with Gasteiger partial charge in [0, 0.05) is 18.7 Å². The third-order valence-corrected chi connectivity index (χ3v) is 6.01. The number of nitrogens with zero attached hydrogens (tertiary/aromatic N) is 1. The lowest BCUT2D eigenvalue weighted by Gasteiger charge is -2.36. The van der Waals surface area contributed by atoms with Gasteiger partial charge in [0.15, 0.2) is 0 Å². The van der Waals surface area contributed by atoms with E-state index < -0.39 is 41.7 Å². The van der Waals surface area contributed by atoms with E-state index in [0.29, 0.717) is 6.42 Å². The lowest BCUT2D eigenvalue weighted by atomic mass is 9.73. The fourth-order valence-electron chi connectivity index (χ4n) is 4.13. The topological polar surface area (TPSA) is 108 Å². The van der Waals surface area contributed by atoms with E-state index in [0.717, 1.165) is 48.4 Å². The molecule has 1 aromatic rings. The van der Waals surface area contributed by atoms with Gasteiger partial charge in [0.1, 0.15) is 12.1 Å². The Kier molecular flexibility index (Phi) is 6.75. The number of carbonyl (C=O) groups is 4. The van der Waals surface area contributed by atoms with E-state index in [9.17, 15) is 32.3 Å². The lowest BCUT2D eigenvalue weighted by molar-refractivity contribution is -0.137. The van der Waals surface area contributed by atoms with Crippen LogP contribution in [0.4, 0.5) is 18.0 Å². The number of carbonyl (C=O) groups excluding carboxylic acids is 4. The number of rotatable bonds is 6. The second-order valence-electron chi connectivity index (χ2n) is 8.12. The number of amides is 5. The summed E-state index contributed by atoms with van der Waals surface area (Å²) in [5.74, 6) is -1.55. The Morgan fingerprint density at radius 1 is 1.12 bits per heavy atom. The molecule has 1 saturated heterocycles. The van der Waals surface area contributed by atoms with Gasteiger partial charge in [0.2, 0.25) is 5.91 Å². The van der Waals surface area contributed by atoms with E-state index in [1.54, 1.807) is 0 Å². The number of hydrogen-bond donors (Lipinski definition) is 3. The van der Waals surface area contributed by atoms with Crippen molar-refractivity contribution in [2.75, 3.05) is 19.6 Å². The van der Waals surface area contributed by atoms with Crippen molar-refractivity contribution in [2.24, 2.45) is 5.92 Å². The Morgan fingerprint density at radius 2 is 1.78 bits per heavy atom. The van der Waals surface area contributed by atoms with Crippen molar-refractivity contribution in [3.63, 3.8) is 0 Å². The highest BCUT2D eigenvalue weighted by atomic mass is 19.4. The molecule has 1 spiro atoms. The summed E-state index contributed by atoms with van der Waals surface area (Å²) >= 11 is 0. The summed E-state index contributed by atoms with van der Waals surface area (Å²) in [7, 11) is 0. The number of hydrogen-bond acceptors (Lipinski definition) is 4. The fraction of sp³-hybridized carbons (Fsp3) is 0.524. The first-order chi connectivity index (χ1) is 15.0. The van der Waals surface area contributed by atoms with Crippen LogP contribution in [0.5, 0.6) is 0 Å². The van der Waals surface area contributed by atoms with E-state index >= 15 is 0 Å².